The molecule has 0 aliphatic rings. The summed E-state index contributed by atoms with van der Waals surface area (Å²) >= 11 is 5.95. The average molecular weight is 341 g/mol. The van der Waals surface area contributed by atoms with E-state index in [1.165, 1.54) is 0 Å². The van der Waals surface area contributed by atoms with Crippen molar-refractivity contribution in [2.24, 2.45) is 0 Å². The number of methoxy groups -OCH3 is 1. The van der Waals surface area contributed by atoms with Crippen molar-refractivity contribution in [1.29, 1.82) is 0 Å². The summed E-state index contributed by atoms with van der Waals surface area (Å²) in [6.45, 7) is 3.72. The molecule has 0 saturated heterocycles. The number of benzene rings is 2. The molecule has 1 heterocycles. The van der Waals surface area contributed by atoms with E-state index in [0.29, 0.717) is 16.3 Å². The van der Waals surface area contributed by atoms with Gasteiger partial charge >= 0.3 is 0 Å². The van der Waals surface area contributed by atoms with Crippen LogP contribution in [-0.4, -0.2) is 18.0 Å². The SMILES string of the molecule is COc1ccc2cc(C(=O)Nc3ccc(Cl)cc3C)c(C)nc2c1. The number of fused-ring (bicyclic) bond motifs is 1. The monoisotopic (exact) mass is 340 g/mol. The molecule has 0 radical (unpaired) electrons. The van der Waals surface area contributed by atoms with Crippen LogP contribution in [0.2, 0.25) is 5.02 Å². The highest BCUT2D eigenvalue weighted by Crippen LogP contribution is 2.24. The Labute approximate surface area is 145 Å². The van der Waals surface area contributed by atoms with Gasteiger partial charge in [0.2, 0.25) is 0 Å². The van der Waals surface area contributed by atoms with Gasteiger partial charge in [-0.2, -0.15) is 0 Å². The lowest BCUT2D eigenvalue weighted by atomic mass is 10.1. The highest BCUT2D eigenvalue weighted by atomic mass is 35.5. The molecule has 0 aliphatic heterocycles. The van der Waals surface area contributed by atoms with Gasteiger partial charge in [-0.15, -0.1) is 0 Å². The highest BCUT2D eigenvalue weighted by molar-refractivity contribution is 6.30. The Bertz CT molecular complexity index is 938. The van der Waals surface area contributed by atoms with Crippen molar-refractivity contribution in [2.45, 2.75) is 13.8 Å². The molecule has 5 heteroatoms. The lowest BCUT2D eigenvalue weighted by Crippen LogP contribution is -2.15. The predicted molar refractivity (Wildman–Crippen MR) is 97.2 cm³/mol. The summed E-state index contributed by atoms with van der Waals surface area (Å²) in [5.74, 6) is 0.548. The molecular weight excluding hydrogens is 324 g/mol. The highest BCUT2D eigenvalue weighted by Gasteiger charge is 2.13. The third kappa shape index (κ3) is 3.19. The molecule has 24 heavy (non-hydrogen) atoms. The Morgan fingerprint density at radius 1 is 1.12 bits per heavy atom. The molecule has 1 aromatic heterocycles. The Morgan fingerprint density at radius 2 is 1.92 bits per heavy atom. The maximum absolute atomic E-state index is 12.6. The Morgan fingerprint density at radius 3 is 2.62 bits per heavy atom. The molecule has 1 N–H and O–H groups in total. The van der Waals surface area contributed by atoms with Gasteiger partial charge in [0.1, 0.15) is 5.75 Å². The smallest absolute Gasteiger partial charge is 0.257 e. The first-order valence-corrected chi connectivity index (χ1v) is 7.88. The van der Waals surface area contributed by atoms with Gasteiger partial charge in [0.25, 0.3) is 5.91 Å². The molecule has 0 spiro atoms. The van der Waals surface area contributed by atoms with E-state index in [4.69, 9.17) is 16.3 Å². The van der Waals surface area contributed by atoms with Gasteiger partial charge in [0.15, 0.2) is 0 Å². The molecule has 3 aromatic rings. The van der Waals surface area contributed by atoms with Crippen LogP contribution in [0.4, 0.5) is 5.69 Å². The minimum absolute atomic E-state index is 0.192. The Balaban J connectivity index is 1.96. The number of carbonyl (C=O) groups is 1. The van der Waals surface area contributed by atoms with Crippen molar-refractivity contribution in [3.63, 3.8) is 0 Å². The quantitative estimate of drug-likeness (QED) is 0.747. The fraction of sp³-hybridized carbons (Fsp3) is 0.158. The maximum atomic E-state index is 12.6. The number of hydrogen-bond acceptors (Lipinski definition) is 3. The third-order valence-corrected chi connectivity index (χ3v) is 4.13. The zero-order chi connectivity index (χ0) is 17.3. The van der Waals surface area contributed by atoms with Crippen LogP contribution < -0.4 is 10.1 Å². The molecule has 122 valence electrons. The average Bonchev–Trinajstić information content (AvgIpc) is 2.56. The van der Waals surface area contributed by atoms with Gasteiger partial charge in [0, 0.05) is 22.2 Å². The number of aryl methyl sites for hydroxylation is 2. The first-order chi connectivity index (χ1) is 11.5. The third-order valence-electron chi connectivity index (χ3n) is 3.90. The summed E-state index contributed by atoms with van der Waals surface area (Å²) < 4.78 is 5.21. The van der Waals surface area contributed by atoms with Gasteiger partial charge in [-0.1, -0.05) is 11.6 Å². The second-order valence-electron chi connectivity index (χ2n) is 5.59. The number of aromatic nitrogens is 1. The van der Waals surface area contributed by atoms with E-state index in [1.807, 2.05) is 44.2 Å². The lowest BCUT2D eigenvalue weighted by molar-refractivity contribution is 0.102. The molecule has 0 aliphatic carbocycles. The molecule has 1 amide bonds. The second kappa shape index (κ2) is 6.49. The number of carbonyl (C=O) groups excluding carboxylic acids is 1. The van der Waals surface area contributed by atoms with Crippen LogP contribution in [0.3, 0.4) is 0 Å². The van der Waals surface area contributed by atoms with Crippen molar-refractivity contribution in [3.05, 3.63) is 64.3 Å². The summed E-state index contributed by atoms with van der Waals surface area (Å²) in [7, 11) is 1.62. The molecule has 0 unspecified atom stereocenters. The summed E-state index contributed by atoms with van der Waals surface area (Å²) in [5.41, 5.74) is 3.65. The largest absolute Gasteiger partial charge is 0.497 e. The van der Waals surface area contributed by atoms with E-state index in [9.17, 15) is 4.79 Å². The Kier molecular flexibility index (Phi) is 4.40. The first-order valence-electron chi connectivity index (χ1n) is 7.51. The van der Waals surface area contributed by atoms with Crippen LogP contribution in [0.5, 0.6) is 5.75 Å². The van der Waals surface area contributed by atoms with Crippen LogP contribution in [0, 0.1) is 13.8 Å². The van der Waals surface area contributed by atoms with E-state index < -0.39 is 0 Å². The summed E-state index contributed by atoms with van der Waals surface area (Å²) in [5, 5.41) is 4.45. The minimum atomic E-state index is -0.192. The number of amides is 1. The minimum Gasteiger partial charge on any atom is -0.497 e. The van der Waals surface area contributed by atoms with Crippen LogP contribution in [-0.2, 0) is 0 Å². The molecule has 0 saturated carbocycles. The number of hydrogen-bond donors (Lipinski definition) is 1. The number of pyridine rings is 1. The number of nitrogens with zero attached hydrogens (tertiary/aromatic N) is 1. The summed E-state index contributed by atoms with van der Waals surface area (Å²) in [4.78, 5) is 17.2. The van der Waals surface area contributed by atoms with Crippen molar-refractivity contribution < 1.29 is 9.53 Å². The molecule has 2 aromatic carbocycles. The van der Waals surface area contributed by atoms with Gasteiger partial charge in [-0.25, -0.2) is 0 Å². The van der Waals surface area contributed by atoms with Crippen LogP contribution in [0.25, 0.3) is 10.9 Å². The number of anilines is 1. The fourth-order valence-electron chi connectivity index (χ4n) is 2.56. The maximum Gasteiger partial charge on any atom is 0.257 e. The number of ether oxygens (including phenoxy) is 1. The van der Waals surface area contributed by atoms with E-state index in [0.717, 1.165) is 27.9 Å². The number of nitrogens with one attached hydrogen (secondary N) is 1. The fourth-order valence-corrected chi connectivity index (χ4v) is 2.78. The molecule has 0 atom stereocenters. The molecule has 4 nitrogen and oxygen atoms in total. The van der Waals surface area contributed by atoms with Gasteiger partial charge in [-0.05, 0) is 55.8 Å². The zero-order valence-corrected chi connectivity index (χ0v) is 14.4. The Hall–Kier alpha value is -2.59. The van der Waals surface area contributed by atoms with E-state index >= 15 is 0 Å². The van der Waals surface area contributed by atoms with E-state index in [-0.39, 0.29) is 5.91 Å². The van der Waals surface area contributed by atoms with Crippen molar-refractivity contribution in [1.82, 2.24) is 4.98 Å². The predicted octanol–water partition coefficient (Wildman–Crippen LogP) is 4.77. The van der Waals surface area contributed by atoms with Crippen LogP contribution in [0.1, 0.15) is 21.6 Å². The number of halogens is 1. The standard InChI is InChI=1S/C19H17ClN2O2/c1-11-8-14(20)5-7-17(11)22-19(23)16-9-13-4-6-15(24-3)10-18(13)21-12(16)2/h4-10H,1-3H3,(H,22,23). The summed E-state index contributed by atoms with van der Waals surface area (Å²) in [6.07, 6.45) is 0. The van der Waals surface area contributed by atoms with Crippen LogP contribution >= 0.6 is 11.6 Å². The van der Waals surface area contributed by atoms with Gasteiger partial charge in [-0.3, -0.25) is 9.78 Å². The molecule has 0 fully saturated rings. The van der Waals surface area contributed by atoms with E-state index in [2.05, 4.69) is 10.3 Å². The topological polar surface area (TPSA) is 51.2 Å². The van der Waals surface area contributed by atoms with Crippen molar-refractivity contribution in [2.75, 3.05) is 12.4 Å². The molecule has 0 bridgehead atoms. The van der Waals surface area contributed by atoms with Crippen molar-refractivity contribution >= 4 is 34.1 Å². The zero-order valence-electron chi connectivity index (χ0n) is 13.7. The van der Waals surface area contributed by atoms with Crippen LogP contribution in [0.15, 0.2) is 42.5 Å². The van der Waals surface area contributed by atoms with Gasteiger partial charge in [0.05, 0.1) is 23.9 Å². The normalized spacial score (nSPS) is 10.7. The molecule has 3 rings (SSSR count). The second-order valence-corrected chi connectivity index (χ2v) is 6.03. The number of rotatable bonds is 3. The summed E-state index contributed by atoms with van der Waals surface area (Å²) in [6, 6.07) is 12.8. The van der Waals surface area contributed by atoms with Crippen molar-refractivity contribution in [3.8, 4) is 5.75 Å². The lowest BCUT2D eigenvalue weighted by Gasteiger charge is -2.11. The van der Waals surface area contributed by atoms with E-state index in [1.54, 1.807) is 19.2 Å². The molecular formula is C19H17ClN2O2. The first kappa shape index (κ1) is 16.3. The van der Waals surface area contributed by atoms with Gasteiger partial charge < -0.3 is 10.1 Å².